The molecule has 0 spiro atoms. The molecule has 3 rings (SSSR count). The highest BCUT2D eigenvalue weighted by atomic mass is 19.3. The predicted molar refractivity (Wildman–Crippen MR) is 117 cm³/mol. The third kappa shape index (κ3) is 5.24. The van der Waals surface area contributed by atoms with E-state index in [1.54, 1.807) is 0 Å². The Labute approximate surface area is 182 Å². The van der Waals surface area contributed by atoms with E-state index in [2.05, 4.69) is 25.6 Å². The molecule has 0 aromatic heterocycles. The third-order valence-corrected chi connectivity index (χ3v) is 6.58. The summed E-state index contributed by atoms with van der Waals surface area (Å²) < 4.78 is 62.2. The summed E-state index contributed by atoms with van der Waals surface area (Å²) in [6.07, 6.45) is 10.9. The first kappa shape index (κ1) is 23.6. The zero-order chi connectivity index (χ0) is 22.5. The van der Waals surface area contributed by atoms with E-state index in [0.717, 1.165) is 23.6 Å². The quantitative estimate of drug-likeness (QED) is 0.282. The fourth-order valence-electron chi connectivity index (χ4n) is 4.70. The number of hydrogen-bond donors (Lipinski definition) is 0. The van der Waals surface area contributed by atoms with E-state index in [9.17, 15) is 17.6 Å². The van der Waals surface area contributed by atoms with Crippen LogP contribution in [-0.4, -0.2) is 18.5 Å². The van der Waals surface area contributed by atoms with Crippen LogP contribution in [0.3, 0.4) is 0 Å². The zero-order valence-corrected chi connectivity index (χ0v) is 18.2. The van der Waals surface area contributed by atoms with Gasteiger partial charge in [0, 0.05) is 5.57 Å². The van der Waals surface area contributed by atoms with E-state index in [1.165, 1.54) is 50.2 Å². The highest BCUT2D eigenvalue weighted by molar-refractivity contribution is 5.36. The molecule has 0 radical (unpaired) electrons. The van der Waals surface area contributed by atoms with Crippen molar-refractivity contribution in [3.8, 4) is 0 Å². The van der Waals surface area contributed by atoms with Gasteiger partial charge in [0.05, 0.1) is 0 Å². The van der Waals surface area contributed by atoms with E-state index < -0.39 is 23.2 Å². The van der Waals surface area contributed by atoms with Crippen LogP contribution in [0.1, 0.15) is 68.9 Å². The molecule has 170 valence electrons. The molecule has 1 aromatic rings. The monoisotopic (exact) mass is 436 g/mol. The predicted octanol–water partition coefficient (Wildman–Crippen LogP) is 7.99. The number of hydrogen-bond acceptors (Lipinski definition) is 1. The lowest BCUT2D eigenvalue weighted by atomic mass is 9.77. The number of halogens is 4. The van der Waals surface area contributed by atoms with Crippen LogP contribution in [0.5, 0.6) is 0 Å². The summed E-state index contributed by atoms with van der Waals surface area (Å²) in [7, 11) is 0. The number of rotatable bonds is 9. The fraction of sp³-hybridized carbons (Fsp3) is 0.538. The van der Waals surface area contributed by atoms with Crippen LogP contribution in [0.25, 0.3) is 0 Å². The molecule has 0 saturated heterocycles. The van der Waals surface area contributed by atoms with Crippen molar-refractivity contribution >= 4 is 0 Å². The Kier molecular flexibility index (Phi) is 7.66. The lowest BCUT2D eigenvalue weighted by Crippen LogP contribution is -2.46. The van der Waals surface area contributed by atoms with Crippen molar-refractivity contribution in [2.24, 2.45) is 5.92 Å². The molecule has 0 heterocycles. The van der Waals surface area contributed by atoms with Gasteiger partial charge in [0.1, 0.15) is 6.61 Å². The summed E-state index contributed by atoms with van der Waals surface area (Å²) in [6, 6.07) is 8.04. The van der Waals surface area contributed by atoms with Gasteiger partial charge in [-0.1, -0.05) is 62.8 Å². The van der Waals surface area contributed by atoms with Gasteiger partial charge in [-0.05, 0) is 67.6 Å². The Bertz CT molecular complexity index is 799. The number of allylic oxidation sites excluding steroid dienone is 4. The summed E-state index contributed by atoms with van der Waals surface area (Å²) in [5.74, 6) is -8.24. The van der Waals surface area contributed by atoms with Crippen molar-refractivity contribution in [2.45, 2.75) is 76.1 Å². The smallest absolute Gasteiger partial charge is 0.369 e. The summed E-state index contributed by atoms with van der Waals surface area (Å²) in [5, 5.41) is 0. The van der Waals surface area contributed by atoms with E-state index in [-0.39, 0.29) is 19.4 Å². The Morgan fingerprint density at radius 3 is 2.26 bits per heavy atom. The minimum Gasteiger partial charge on any atom is -0.487 e. The molecule has 1 aromatic carbocycles. The minimum absolute atomic E-state index is 0.130. The van der Waals surface area contributed by atoms with Crippen molar-refractivity contribution in [2.75, 3.05) is 6.61 Å². The molecule has 0 N–H and O–H groups in total. The van der Waals surface area contributed by atoms with E-state index in [0.29, 0.717) is 5.92 Å². The maximum atomic E-state index is 14.5. The highest BCUT2D eigenvalue weighted by Crippen LogP contribution is 2.48. The van der Waals surface area contributed by atoms with Gasteiger partial charge in [0.25, 0.3) is 0 Å². The van der Waals surface area contributed by atoms with E-state index in [4.69, 9.17) is 4.74 Å². The molecule has 0 atom stereocenters. The van der Waals surface area contributed by atoms with Gasteiger partial charge in [-0.2, -0.15) is 17.6 Å². The molecule has 0 bridgehead atoms. The number of aryl methyl sites for hydroxylation is 1. The minimum atomic E-state index is -4.36. The van der Waals surface area contributed by atoms with Gasteiger partial charge < -0.3 is 4.74 Å². The van der Waals surface area contributed by atoms with Crippen LogP contribution in [-0.2, 0) is 11.2 Å². The SMILES string of the molecule is C=CCOC1=CC=C(CCc2ccc(C3CCC(CCC)CC3)cc2)C(F)(F)C1(F)F. The Morgan fingerprint density at radius 2 is 1.65 bits per heavy atom. The number of ether oxygens (including phenoxy) is 1. The maximum Gasteiger partial charge on any atom is 0.369 e. The fourth-order valence-corrected chi connectivity index (χ4v) is 4.70. The summed E-state index contributed by atoms with van der Waals surface area (Å²) in [6.45, 7) is 5.34. The molecule has 31 heavy (non-hydrogen) atoms. The lowest BCUT2D eigenvalue weighted by Gasteiger charge is -2.32. The molecule has 2 aliphatic rings. The molecule has 2 aliphatic carbocycles. The summed E-state index contributed by atoms with van der Waals surface area (Å²) >= 11 is 0. The molecule has 0 amide bonds. The molecule has 1 fully saturated rings. The van der Waals surface area contributed by atoms with E-state index >= 15 is 0 Å². The van der Waals surface area contributed by atoms with Crippen LogP contribution in [0, 0.1) is 5.92 Å². The van der Waals surface area contributed by atoms with Crippen molar-refractivity contribution in [1.29, 1.82) is 0 Å². The van der Waals surface area contributed by atoms with Crippen LogP contribution in [0.2, 0.25) is 0 Å². The van der Waals surface area contributed by atoms with E-state index in [1.807, 2.05) is 12.1 Å². The normalized spacial score (nSPS) is 24.8. The first-order chi connectivity index (χ1) is 14.8. The van der Waals surface area contributed by atoms with Crippen molar-refractivity contribution in [3.05, 3.63) is 71.5 Å². The lowest BCUT2D eigenvalue weighted by molar-refractivity contribution is -0.185. The molecule has 1 nitrogen and oxygen atoms in total. The van der Waals surface area contributed by atoms with Gasteiger partial charge in [-0.25, -0.2) is 0 Å². The van der Waals surface area contributed by atoms with Crippen LogP contribution in [0.4, 0.5) is 17.6 Å². The third-order valence-electron chi connectivity index (χ3n) is 6.58. The topological polar surface area (TPSA) is 9.23 Å². The van der Waals surface area contributed by atoms with Gasteiger partial charge in [-0.3, -0.25) is 0 Å². The second-order valence-corrected chi connectivity index (χ2v) is 8.72. The second-order valence-electron chi connectivity index (χ2n) is 8.72. The van der Waals surface area contributed by atoms with Crippen molar-refractivity contribution < 1.29 is 22.3 Å². The average Bonchev–Trinajstić information content (AvgIpc) is 2.75. The molecule has 5 heteroatoms. The summed E-state index contributed by atoms with van der Waals surface area (Å²) in [5.41, 5.74) is 1.60. The largest absolute Gasteiger partial charge is 0.487 e. The summed E-state index contributed by atoms with van der Waals surface area (Å²) in [4.78, 5) is 0. The zero-order valence-electron chi connectivity index (χ0n) is 18.2. The number of benzene rings is 1. The molecule has 0 unspecified atom stereocenters. The second kappa shape index (κ2) is 10.1. The molecule has 1 saturated carbocycles. The van der Waals surface area contributed by atoms with Crippen LogP contribution < -0.4 is 0 Å². The highest BCUT2D eigenvalue weighted by Gasteiger charge is 2.63. The van der Waals surface area contributed by atoms with Crippen LogP contribution in [0.15, 0.2) is 60.4 Å². The van der Waals surface area contributed by atoms with Crippen molar-refractivity contribution in [1.82, 2.24) is 0 Å². The van der Waals surface area contributed by atoms with Crippen molar-refractivity contribution in [3.63, 3.8) is 0 Å². The van der Waals surface area contributed by atoms with Crippen LogP contribution >= 0.6 is 0 Å². The number of alkyl halides is 4. The Morgan fingerprint density at radius 1 is 0.968 bits per heavy atom. The van der Waals surface area contributed by atoms with Gasteiger partial charge in [0.2, 0.25) is 0 Å². The first-order valence-electron chi connectivity index (χ1n) is 11.3. The molecular formula is C26H32F4O. The van der Waals surface area contributed by atoms with Gasteiger partial charge in [0.15, 0.2) is 5.76 Å². The molecule has 0 aliphatic heterocycles. The van der Waals surface area contributed by atoms with Gasteiger partial charge >= 0.3 is 11.8 Å². The first-order valence-corrected chi connectivity index (χ1v) is 11.3. The maximum absolute atomic E-state index is 14.5. The Hall–Kier alpha value is -2.04. The molecular weight excluding hydrogens is 404 g/mol. The van der Waals surface area contributed by atoms with Gasteiger partial charge in [-0.15, -0.1) is 0 Å². The average molecular weight is 437 g/mol. The standard InChI is InChI=1S/C26H32F4O/c1-3-5-19-6-11-21(12-7-19)22-13-8-20(9-14-22)10-15-23-16-17-24(31-18-4-2)26(29,30)25(23,27)28/h4,8-9,13-14,16-17,19,21H,2-3,5-7,10-12,15,18H2,1H3. The Balaban J connectivity index is 1.60.